The summed E-state index contributed by atoms with van der Waals surface area (Å²) in [6.45, 7) is 3.12. The molecule has 1 aromatic heterocycles. The molecule has 1 amide bonds. The number of rotatable bonds is 7. The highest BCUT2D eigenvalue weighted by atomic mass is 16.5. The molecule has 2 heterocycles. The van der Waals surface area contributed by atoms with Crippen LogP contribution >= 0.6 is 0 Å². The van der Waals surface area contributed by atoms with Crippen LogP contribution in [0.15, 0.2) is 42.7 Å². The lowest BCUT2D eigenvalue weighted by atomic mass is 10.1. The minimum absolute atomic E-state index is 0.0113. The molecule has 8 nitrogen and oxygen atoms in total. The van der Waals surface area contributed by atoms with Gasteiger partial charge in [0.1, 0.15) is 6.61 Å². The van der Waals surface area contributed by atoms with Gasteiger partial charge in [-0.1, -0.05) is 6.07 Å². The Kier molecular flexibility index (Phi) is 6.44. The Hall–Kier alpha value is -3.13. The summed E-state index contributed by atoms with van der Waals surface area (Å²) >= 11 is 0. The summed E-state index contributed by atoms with van der Waals surface area (Å²) in [5.41, 5.74) is 1.32. The molecule has 8 heteroatoms. The maximum atomic E-state index is 12.8. The van der Waals surface area contributed by atoms with Crippen LogP contribution in [-0.2, 0) is 16.1 Å². The number of carbonyl (C=O) groups excluding carboxylic acids is 1. The van der Waals surface area contributed by atoms with Crippen LogP contribution < -0.4 is 9.47 Å². The lowest BCUT2D eigenvalue weighted by Gasteiger charge is -2.31. The molecule has 28 heavy (non-hydrogen) atoms. The zero-order valence-electron chi connectivity index (χ0n) is 15.5. The fraction of sp³-hybridized carbons (Fsp3) is 0.350. The summed E-state index contributed by atoms with van der Waals surface area (Å²) in [6.07, 6.45) is 2.40. The molecule has 148 valence electrons. The molecule has 0 spiro atoms. The number of nitrogens with zero attached hydrogens (tertiary/aromatic N) is 2. The van der Waals surface area contributed by atoms with E-state index in [-0.39, 0.29) is 19.1 Å². The van der Waals surface area contributed by atoms with Crippen LogP contribution in [0.1, 0.15) is 22.8 Å². The highest BCUT2D eigenvalue weighted by Gasteiger charge is 2.29. The van der Waals surface area contributed by atoms with Gasteiger partial charge in [0.05, 0.1) is 19.8 Å². The second-order valence-corrected chi connectivity index (χ2v) is 6.19. The van der Waals surface area contributed by atoms with Gasteiger partial charge >= 0.3 is 5.97 Å². The third kappa shape index (κ3) is 4.77. The Balaban J connectivity index is 1.74. The smallest absolute Gasteiger partial charge is 0.334 e. The largest absolute Gasteiger partial charge is 0.490 e. The quantitative estimate of drug-likeness (QED) is 0.777. The second-order valence-electron chi connectivity index (χ2n) is 6.19. The number of benzene rings is 1. The number of carbonyl (C=O) groups is 2. The van der Waals surface area contributed by atoms with E-state index in [2.05, 4.69) is 4.98 Å². The number of carboxylic acids is 1. The maximum absolute atomic E-state index is 12.8. The van der Waals surface area contributed by atoms with Crippen LogP contribution in [0.25, 0.3) is 0 Å². The number of morpholine rings is 1. The van der Waals surface area contributed by atoms with Crippen molar-refractivity contribution in [3.05, 3.63) is 53.9 Å². The predicted molar refractivity (Wildman–Crippen MR) is 99.5 cm³/mol. The Morgan fingerprint density at radius 3 is 2.86 bits per heavy atom. The molecule has 0 saturated carbocycles. The summed E-state index contributed by atoms with van der Waals surface area (Å²) in [4.78, 5) is 29.4. The fourth-order valence-electron chi connectivity index (χ4n) is 2.84. The van der Waals surface area contributed by atoms with Crippen LogP contribution in [0, 0.1) is 0 Å². The van der Waals surface area contributed by atoms with Crippen LogP contribution in [0.2, 0.25) is 0 Å². The van der Waals surface area contributed by atoms with Crippen molar-refractivity contribution < 1.29 is 28.9 Å². The molecular weight excluding hydrogens is 364 g/mol. The first-order valence-corrected chi connectivity index (χ1v) is 9.00. The molecule has 1 aliphatic rings. The monoisotopic (exact) mass is 386 g/mol. The van der Waals surface area contributed by atoms with Crippen molar-refractivity contribution in [2.45, 2.75) is 19.6 Å². The van der Waals surface area contributed by atoms with Gasteiger partial charge in [-0.2, -0.15) is 0 Å². The summed E-state index contributed by atoms with van der Waals surface area (Å²) in [5, 5.41) is 9.11. The van der Waals surface area contributed by atoms with Crippen molar-refractivity contribution >= 4 is 11.9 Å². The summed E-state index contributed by atoms with van der Waals surface area (Å²) < 4.78 is 16.6. The first kappa shape index (κ1) is 19.6. The summed E-state index contributed by atoms with van der Waals surface area (Å²) in [7, 11) is 0. The Labute approximate surface area is 162 Å². The van der Waals surface area contributed by atoms with Gasteiger partial charge in [-0.15, -0.1) is 0 Å². The molecule has 1 aromatic carbocycles. The minimum atomic E-state index is -1.08. The van der Waals surface area contributed by atoms with Crippen LogP contribution in [-0.4, -0.2) is 59.3 Å². The molecule has 1 unspecified atom stereocenters. The number of aromatic nitrogens is 1. The van der Waals surface area contributed by atoms with Crippen LogP contribution in [0.4, 0.5) is 0 Å². The molecule has 2 aromatic rings. The van der Waals surface area contributed by atoms with E-state index in [1.807, 2.05) is 19.1 Å². The van der Waals surface area contributed by atoms with Crippen LogP contribution in [0.5, 0.6) is 11.5 Å². The van der Waals surface area contributed by atoms with Crippen molar-refractivity contribution in [2.75, 3.05) is 26.3 Å². The zero-order valence-corrected chi connectivity index (χ0v) is 15.5. The topological polar surface area (TPSA) is 98.2 Å². The van der Waals surface area contributed by atoms with Crippen molar-refractivity contribution in [1.29, 1.82) is 0 Å². The van der Waals surface area contributed by atoms with Gasteiger partial charge in [0.15, 0.2) is 17.6 Å². The van der Waals surface area contributed by atoms with Gasteiger partial charge in [0.25, 0.3) is 5.91 Å². The van der Waals surface area contributed by atoms with Crippen molar-refractivity contribution in [3.8, 4) is 11.5 Å². The number of hydrogen-bond donors (Lipinski definition) is 1. The number of pyridine rings is 1. The Morgan fingerprint density at radius 1 is 1.29 bits per heavy atom. The van der Waals surface area contributed by atoms with E-state index in [0.29, 0.717) is 36.8 Å². The van der Waals surface area contributed by atoms with E-state index in [1.54, 1.807) is 30.6 Å². The Morgan fingerprint density at radius 2 is 2.14 bits per heavy atom. The van der Waals surface area contributed by atoms with Gasteiger partial charge in [-0.05, 0) is 31.2 Å². The SMILES string of the molecule is CCOc1cc(C(=O)N2CCOC(C(=O)O)C2)ccc1OCc1cccnc1. The number of aliphatic carboxylic acids is 1. The van der Waals surface area contributed by atoms with E-state index in [1.165, 1.54) is 4.90 Å². The molecule has 0 aliphatic carbocycles. The molecule has 1 N–H and O–H groups in total. The highest BCUT2D eigenvalue weighted by Crippen LogP contribution is 2.30. The van der Waals surface area contributed by atoms with E-state index in [0.717, 1.165) is 5.56 Å². The fourth-order valence-corrected chi connectivity index (χ4v) is 2.84. The van der Waals surface area contributed by atoms with Crippen molar-refractivity contribution in [2.24, 2.45) is 0 Å². The third-order valence-corrected chi connectivity index (χ3v) is 4.24. The molecule has 1 fully saturated rings. The first-order chi connectivity index (χ1) is 13.6. The maximum Gasteiger partial charge on any atom is 0.334 e. The lowest BCUT2D eigenvalue weighted by Crippen LogP contribution is -2.48. The number of amides is 1. The average molecular weight is 386 g/mol. The van der Waals surface area contributed by atoms with Crippen molar-refractivity contribution in [1.82, 2.24) is 9.88 Å². The van der Waals surface area contributed by atoms with E-state index in [4.69, 9.17) is 19.3 Å². The van der Waals surface area contributed by atoms with Crippen LogP contribution in [0.3, 0.4) is 0 Å². The number of carboxylic acid groups (broad SMARTS) is 1. The Bertz CT molecular complexity index is 827. The van der Waals surface area contributed by atoms with Gasteiger partial charge in [0.2, 0.25) is 0 Å². The molecule has 0 bridgehead atoms. The van der Waals surface area contributed by atoms with E-state index < -0.39 is 12.1 Å². The molecule has 1 aliphatic heterocycles. The lowest BCUT2D eigenvalue weighted by molar-refractivity contribution is -0.154. The van der Waals surface area contributed by atoms with E-state index >= 15 is 0 Å². The molecular formula is C20H22N2O6. The molecule has 1 atom stereocenters. The molecule has 3 rings (SSSR count). The standard InChI is InChI=1S/C20H22N2O6/c1-2-26-17-10-15(19(23)22-8-9-27-18(12-22)20(24)25)5-6-16(17)28-13-14-4-3-7-21-11-14/h3-7,10-11,18H,2,8-9,12-13H2,1H3,(H,24,25). The van der Waals surface area contributed by atoms with Gasteiger partial charge in [-0.25, -0.2) is 4.79 Å². The number of hydrogen-bond acceptors (Lipinski definition) is 6. The summed E-state index contributed by atoms with van der Waals surface area (Å²) in [6, 6.07) is 8.69. The molecule has 0 radical (unpaired) electrons. The van der Waals surface area contributed by atoms with Gasteiger partial charge in [-0.3, -0.25) is 9.78 Å². The number of ether oxygens (including phenoxy) is 3. The van der Waals surface area contributed by atoms with Crippen molar-refractivity contribution in [3.63, 3.8) is 0 Å². The third-order valence-electron chi connectivity index (χ3n) is 4.24. The normalized spacial score (nSPS) is 16.5. The predicted octanol–water partition coefficient (Wildman–Crippen LogP) is 1.98. The summed E-state index contributed by atoms with van der Waals surface area (Å²) in [5.74, 6) is -0.367. The second kappa shape index (κ2) is 9.18. The minimum Gasteiger partial charge on any atom is -0.490 e. The zero-order chi connectivity index (χ0) is 19.9. The average Bonchev–Trinajstić information content (AvgIpc) is 2.73. The highest BCUT2D eigenvalue weighted by molar-refractivity contribution is 5.95. The first-order valence-electron chi connectivity index (χ1n) is 9.00. The van der Waals surface area contributed by atoms with E-state index in [9.17, 15) is 9.59 Å². The molecule has 1 saturated heterocycles. The van der Waals surface area contributed by atoms with Gasteiger partial charge < -0.3 is 24.2 Å². The van der Waals surface area contributed by atoms with Gasteiger partial charge in [0, 0.05) is 30.1 Å².